The first-order chi connectivity index (χ1) is 9.11. The van der Waals surface area contributed by atoms with Crippen molar-refractivity contribution in [1.82, 2.24) is 0 Å². The summed E-state index contributed by atoms with van der Waals surface area (Å²) in [6.45, 7) is 5.14. The molecule has 3 nitrogen and oxygen atoms in total. The van der Waals surface area contributed by atoms with E-state index in [0.29, 0.717) is 10.9 Å². The fourth-order valence-electron chi connectivity index (χ4n) is 2.71. The summed E-state index contributed by atoms with van der Waals surface area (Å²) in [6, 6.07) is 6.34. The van der Waals surface area contributed by atoms with Crippen molar-refractivity contribution >= 4 is 22.9 Å². The molecule has 0 aliphatic carbocycles. The highest BCUT2D eigenvalue weighted by Gasteiger charge is 2.19. The summed E-state index contributed by atoms with van der Waals surface area (Å²) in [4.78, 5) is 2.91. The fourth-order valence-corrected chi connectivity index (χ4v) is 2.94. The van der Waals surface area contributed by atoms with Crippen LogP contribution in [-0.4, -0.2) is 31.8 Å². The molecule has 1 aromatic rings. The smallest absolute Gasteiger partial charge is 0.104 e. The molecule has 0 radical (unpaired) electrons. The molecular formula is C15H22N2OS. The first-order valence-electron chi connectivity index (χ1n) is 6.76. The SMILES string of the molecule is COCC1CCN(c2ccc(C(N)=S)c(C)c2)CC1. The maximum Gasteiger partial charge on any atom is 0.104 e. The van der Waals surface area contributed by atoms with E-state index in [9.17, 15) is 0 Å². The van der Waals surface area contributed by atoms with Crippen LogP contribution in [0.2, 0.25) is 0 Å². The second-order valence-electron chi connectivity index (χ2n) is 5.25. The van der Waals surface area contributed by atoms with Crippen LogP contribution in [0.1, 0.15) is 24.0 Å². The molecule has 0 atom stereocenters. The van der Waals surface area contributed by atoms with Gasteiger partial charge in [0, 0.05) is 38.1 Å². The minimum absolute atomic E-state index is 0.475. The molecule has 1 aliphatic rings. The number of nitrogens with two attached hydrogens (primary N) is 1. The molecule has 1 heterocycles. The molecule has 1 saturated heterocycles. The number of hydrogen-bond acceptors (Lipinski definition) is 3. The Balaban J connectivity index is 2.04. The summed E-state index contributed by atoms with van der Waals surface area (Å²) >= 11 is 5.04. The Morgan fingerprint density at radius 1 is 1.42 bits per heavy atom. The number of nitrogens with zero attached hydrogens (tertiary/aromatic N) is 1. The van der Waals surface area contributed by atoms with Crippen molar-refractivity contribution in [3.63, 3.8) is 0 Å². The number of aryl methyl sites for hydroxylation is 1. The maximum absolute atomic E-state index is 5.70. The molecule has 0 saturated carbocycles. The van der Waals surface area contributed by atoms with Crippen molar-refractivity contribution in [3.8, 4) is 0 Å². The van der Waals surface area contributed by atoms with Crippen LogP contribution in [0.15, 0.2) is 18.2 Å². The highest BCUT2D eigenvalue weighted by atomic mass is 32.1. The number of anilines is 1. The summed E-state index contributed by atoms with van der Waals surface area (Å²) in [6.07, 6.45) is 2.40. The van der Waals surface area contributed by atoms with E-state index in [-0.39, 0.29) is 0 Å². The van der Waals surface area contributed by atoms with Gasteiger partial charge in [0.2, 0.25) is 0 Å². The second-order valence-corrected chi connectivity index (χ2v) is 5.69. The van der Waals surface area contributed by atoms with Crippen molar-refractivity contribution in [2.45, 2.75) is 19.8 Å². The lowest BCUT2D eigenvalue weighted by molar-refractivity contribution is 0.139. The number of piperidine rings is 1. The Bertz CT molecular complexity index is 453. The van der Waals surface area contributed by atoms with E-state index >= 15 is 0 Å². The van der Waals surface area contributed by atoms with Crippen LogP contribution in [0.4, 0.5) is 5.69 Å². The lowest BCUT2D eigenvalue weighted by Gasteiger charge is -2.33. The lowest BCUT2D eigenvalue weighted by Crippen LogP contribution is -2.35. The number of benzene rings is 1. The van der Waals surface area contributed by atoms with Crippen LogP contribution < -0.4 is 10.6 Å². The van der Waals surface area contributed by atoms with E-state index in [4.69, 9.17) is 22.7 Å². The highest BCUT2D eigenvalue weighted by Crippen LogP contribution is 2.25. The number of thiocarbonyl (C=S) groups is 1. The van der Waals surface area contributed by atoms with Crippen LogP contribution in [0.5, 0.6) is 0 Å². The van der Waals surface area contributed by atoms with Crippen LogP contribution in [-0.2, 0) is 4.74 Å². The summed E-state index contributed by atoms with van der Waals surface area (Å²) in [5.41, 5.74) is 9.11. The Hall–Kier alpha value is -1.13. The standard InChI is InChI=1S/C15H22N2OS/c1-11-9-13(3-4-14(11)15(16)19)17-7-5-12(6-8-17)10-18-2/h3-4,9,12H,5-8,10H2,1-2H3,(H2,16,19). The normalized spacial score (nSPS) is 16.6. The van der Waals surface area contributed by atoms with Gasteiger partial charge in [-0.1, -0.05) is 12.2 Å². The van der Waals surface area contributed by atoms with Crippen LogP contribution in [0, 0.1) is 12.8 Å². The van der Waals surface area contributed by atoms with Gasteiger partial charge in [-0.3, -0.25) is 0 Å². The van der Waals surface area contributed by atoms with Crippen LogP contribution in [0.3, 0.4) is 0 Å². The zero-order valence-corrected chi connectivity index (χ0v) is 12.5. The number of rotatable bonds is 4. The quantitative estimate of drug-likeness (QED) is 0.859. The van der Waals surface area contributed by atoms with Gasteiger partial charge >= 0.3 is 0 Å². The van der Waals surface area contributed by atoms with Gasteiger partial charge in [-0.05, 0) is 49.4 Å². The molecule has 1 fully saturated rings. The van der Waals surface area contributed by atoms with E-state index in [1.807, 2.05) is 6.07 Å². The molecule has 0 bridgehead atoms. The molecule has 1 aromatic carbocycles. The third kappa shape index (κ3) is 3.45. The third-order valence-corrected chi connectivity index (χ3v) is 4.08. The molecule has 2 rings (SSSR count). The van der Waals surface area contributed by atoms with Gasteiger partial charge in [-0.2, -0.15) is 0 Å². The molecule has 2 N–H and O–H groups in total. The molecule has 0 spiro atoms. The highest BCUT2D eigenvalue weighted by molar-refractivity contribution is 7.80. The Labute approximate surface area is 120 Å². The molecule has 4 heteroatoms. The van der Waals surface area contributed by atoms with Crippen molar-refractivity contribution in [2.75, 3.05) is 31.7 Å². The van der Waals surface area contributed by atoms with E-state index in [0.717, 1.165) is 30.8 Å². The van der Waals surface area contributed by atoms with Gasteiger partial charge in [-0.15, -0.1) is 0 Å². The summed E-state index contributed by atoms with van der Waals surface area (Å²) in [5.74, 6) is 0.707. The van der Waals surface area contributed by atoms with Gasteiger partial charge in [0.25, 0.3) is 0 Å². The third-order valence-electron chi connectivity index (χ3n) is 3.86. The average Bonchev–Trinajstić information content (AvgIpc) is 2.39. The molecule has 104 valence electrons. The second kappa shape index (κ2) is 6.35. The van der Waals surface area contributed by atoms with Gasteiger partial charge in [0.05, 0.1) is 0 Å². The summed E-state index contributed by atoms with van der Waals surface area (Å²) in [5, 5.41) is 0. The van der Waals surface area contributed by atoms with E-state index in [2.05, 4.69) is 24.0 Å². The van der Waals surface area contributed by atoms with Gasteiger partial charge < -0.3 is 15.4 Å². The molecule has 19 heavy (non-hydrogen) atoms. The molecule has 1 aliphatic heterocycles. The monoisotopic (exact) mass is 278 g/mol. The largest absolute Gasteiger partial charge is 0.389 e. The molecule has 0 unspecified atom stereocenters. The predicted octanol–water partition coefficient (Wildman–Crippen LogP) is 2.49. The fraction of sp³-hybridized carbons (Fsp3) is 0.533. The minimum atomic E-state index is 0.475. The first-order valence-corrected chi connectivity index (χ1v) is 7.17. The van der Waals surface area contributed by atoms with Gasteiger partial charge in [0.1, 0.15) is 4.99 Å². The van der Waals surface area contributed by atoms with E-state index < -0.39 is 0 Å². The first kappa shape index (κ1) is 14.3. The molecule has 0 amide bonds. The Morgan fingerprint density at radius 3 is 2.63 bits per heavy atom. The lowest BCUT2D eigenvalue weighted by atomic mass is 9.97. The Morgan fingerprint density at radius 2 is 2.11 bits per heavy atom. The predicted molar refractivity (Wildman–Crippen MR) is 83.9 cm³/mol. The number of ether oxygens (including phenoxy) is 1. The van der Waals surface area contributed by atoms with Crippen molar-refractivity contribution in [2.24, 2.45) is 11.7 Å². The van der Waals surface area contributed by atoms with Gasteiger partial charge in [-0.25, -0.2) is 0 Å². The zero-order valence-electron chi connectivity index (χ0n) is 11.7. The Kier molecular flexibility index (Phi) is 4.77. The van der Waals surface area contributed by atoms with Crippen molar-refractivity contribution in [3.05, 3.63) is 29.3 Å². The average molecular weight is 278 g/mol. The maximum atomic E-state index is 5.70. The zero-order chi connectivity index (χ0) is 13.8. The van der Waals surface area contributed by atoms with Crippen molar-refractivity contribution < 1.29 is 4.74 Å². The molecule has 0 aromatic heterocycles. The topological polar surface area (TPSA) is 38.5 Å². The number of methoxy groups -OCH3 is 1. The van der Waals surface area contributed by atoms with Crippen LogP contribution >= 0.6 is 12.2 Å². The number of hydrogen-bond donors (Lipinski definition) is 1. The van der Waals surface area contributed by atoms with E-state index in [1.54, 1.807) is 7.11 Å². The van der Waals surface area contributed by atoms with Crippen LogP contribution in [0.25, 0.3) is 0 Å². The minimum Gasteiger partial charge on any atom is -0.389 e. The van der Waals surface area contributed by atoms with Gasteiger partial charge in [0.15, 0.2) is 0 Å². The molecular weight excluding hydrogens is 256 g/mol. The summed E-state index contributed by atoms with van der Waals surface area (Å²) in [7, 11) is 1.78. The summed E-state index contributed by atoms with van der Waals surface area (Å²) < 4.78 is 5.24. The van der Waals surface area contributed by atoms with E-state index in [1.165, 1.54) is 18.5 Å². The van der Waals surface area contributed by atoms with Crippen molar-refractivity contribution in [1.29, 1.82) is 0 Å².